The summed E-state index contributed by atoms with van der Waals surface area (Å²) in [6, 6.07) is 52.8. The number of carbonyl (C=O) groups is 6. The fourth-order valence-electron chi connectivity index (χ4n) is 8.24. The predicted octanol–water partition coefficient (Wildman–Crippen LogP) is 13.8. The van der Waals surface area contributed by atoms with Crippen molar-refractivity contribution < 1.29 is 55.1 Å². The van der Waals surface area contributed by atoms with Crippen LogP contribution in [0, 0.1) is 20.8 Å². The Morgan fingerprint density at radius 2 is 0.633 bits per heavy atom. The molecule has 9 rings (SSSR count). The van der Waals surface area contributed by atoms with Gasteiger partial charge in [0.05, 0.1) is 19.6 Å². The fraction of sp³-hybridized carbons (Fsp3) is 0.0769. The number of hydrogen-bond acceptors (Lipinski definition) is 13. The van der Waals surface area contributed by atoms with Gasteiger partial charge in [-0.1, -0.05) is 54.6 Å². The van der Waals surface area contributed by atoms with E-state index in [9.17, 15) is 45.6 Å². The second-order valence-corrected chi connectivity index (χ2v) is 23.5. The number of nitrogens with two attached hydrogens (primary N) is 1. The van der Waals surface area contributed by atoms with Crippen LogP contribution in [0.5, 0.6) is 11.5 Å². The Balaban J connectivity index is 0.000000381. The van der Waals surface area contributed by atoms with Crippen molar-refractivity contribution in [1.29, 1.82) is 0 Å². The maximum Gasteiger partial charge on any atom is 0.417 e. The number of rotatable bonds is 16. The number of nitrogens with one attached hydrogen (secondary N) is 10. The van der Waals surface area contributed by atoms with Gasteiger partial charge < -0.3 is 57.7 Å². The number of hydrogen-bond donors (Lipinski definition) is 11. The number of ether oxygens (including phenoxy) is 2. The highest BCUT2D eigenvalue weighted by molar-refractivity contribution is 7.91. The maximum absolute atomic E-state index is 13.5. The van der Waals surface area contributed by atoms with Crippen LogP contribution < -0.4 is 68.4 Å². The van der Waals surface area contributed by atoms with E-state index in [0.29, 0.717) is 80.5 Å². The fourth-order valence-corrected chi connectivity index (χ4v) is 10.8. The lowest BCUT2D eigenvalue weighted by Gasteiger charge is -2.13. The highest BCUT2D eigenvalue weighted by Gasteiger charge is 2.21. The van der Waals surface area contributed by atoms with Crippen molar-refractivity contribution in [2.75, 3.05) is 60.1 Å². The first-order valence-electron chi connectivity index (χ1n) is 27.4. The van der Waals surface area contributed by atoms with Crippen LogP contribution in [0.2, 0.25) is 0 Å². The number of sulfone groups is 2. The van der Waals surface area contributed by atoms with Crippen LogP contribution in [0.3, 0.4) is 0 Å². The van der Waals surface area contributed by atoms with Crippen molar-refractivity contribution in [2.45, 2.75) is 47.3 Å². The van der Waals surface area contributed by atoms with Gasteiger partial charge in [0.1, 0.15) is 11.5 Å². The number of urea groups is 4. The predicted molar refractivity (Wildman–Crippen MR) is 347 cm³/mol. The average Bonchev–Trinajstić information content (AvgIpc) is 1.16. The molecule has 0 heterocycles. The van der Waals surface area contributed by atoms with E-state index in [1.165, 1.54) is 97.1 Å². The zero-order valence-corrected chi connectivity index (χ0v) is 50.3. The summed E-state index contributed by atoms with van der Waals surface area (Å²) in [5.41, 5.74) is 12.0. The Bertz CT molecular complexity index is 4300. The van der Waals surface area contributed by atoms with Gasteiger partial charge in [-0.05, 0) is 202 Å². The average molecular weight is 1250 g/mol. The summed E-state index contributed by atoms with van der Waals surface area (Å²) in [5.74, 6) is 0.825. The van der Waals surface area contributed by atoms with E-state index >= 15 is 0 Å². The second-order valence-electron chi connectivity index (χ2n) is 19.6. The molecule has 0 saturated heterocycles. The maximum atomic E-state index is 13.5. The molecule has 0 unspecified atom stereocenters. The third-order valence-corrected chi connectivity index (χ3v) is 16.5. The van der Waals surface area contributed by atoms with Gasteiger partial charge >= 0.3 is 36.3 Å². The normalized spacial score (nSPS) is 10.8. The molecule has 0 radical (unpaired) electrons. The first-order valence-corrected chi connectivity index (χ1v) is 30.4. The van der Waals surface area contributed by atoms with E-state index in [2.05, 4.69) is 53.2 Å². The van der Waals surface area contributed by atoms with Crippen LogP contribution in [-0.2, 0) is 19.7 Å². The summed E-state index contributed by atoms with van der Waals surface area (Å²) in [4.78, 5) is 74.6. The number of benzene rings is 9. The van der Waals surface area contributed by atoms with Crippen molar-refractivity contribution in [3.63, 3.8) is 0 Å². The summed E-state index contributed by atoms with van der Waals surface area (Å²) in [6.07, 6.45) is -1.29. The van der Waals surface area contributed by atoms with Crippen LogP contribution in [0.1, 0.15) is 23.6 Å². The highest BCUT2D eigenvalue weighted by Crippen LogP contribution is 2.28. The molecular weight excluding hydrogens is 1190 g/mol. The van der Waals surface area contributed by atoms with Crippen LogP contribution in [0.25, 0.3) is 0 Å². The van der Waals surface area contributed by atoms with Crippen molar-refractivity contribution in [3.8, 4) is 11.5 Å². The molecule has 9 aromatic rings. The topological polar surface area (TPSA) is 335 Å². The molecule has 23 nitrogen and oxygen atoms in total. The van der Waals surface area contributed by atoms with Crippen molar-refractivity contribution in [3.05, 3.63) is 229 Å². The second kappa shape index (κ2) is 29.6. The molecule has 10 amide bonds. The zero-order chi connectivity index (χ0) is 64.4. The van der Waals surface area contributed by atoms with Gasteiger partial charge in [0, 0.05) is 63.4 Å². The molecule has 0 aliphatic heterocycles. The Morgan fingerprint density at radius 3 is 1.00 bits per heavy atom. The third-order valence-electron chi connectivity index (χ3n) is 12.9. The number of aryl methyl sites for hydroxylation is 3. The summed E-state index contributed by atoms with van der Waals surface area (Å²) >= 11 is 0. The van der Waals surface area contributed by atoms with Crippen LogP contribution >= 0.6 is 0 Å². The molecule has 0 fully saturated rings. The van der Waals surface area contributed by atoms with Crippen LogP contribution in [-0.4, -0.2) is 59.7 Å². The van der Waals surface area contributed by atoms with Gasteiger partial charge in [-0.2, -0.15) is 0 Å². The minimum absolute atomic E-state index is 0.0368. The largest absolute Gasteiger partial charge is 0.417 e. The number of carbonyl (C=O) groups excluding carboxylic acids is 6. The first kappa shape index (κ1) is 64.3. The smallest absolute Gasteiger partial charge is 0.410 e. The summed E-state index contributed by atoms with van der Waals surface area (Å²) in [6.45, 7) is 7.78. The Labute approximate surface area is 518 Å². The number of nitrogen functional groups attached to an aromatic ring is 1. The van der Waals surface area contributed by atoms with Gasteiger partial charge in [-0.3, -0.25) is 10.6 Å². The minimum Gasteiger partial charge on any atom is -0.410 e. The highest BCUT2D eigenvalue weighted by atomic mass is 32.2. The van der Waals surface area contributed by atoms with Crippen molar-refractivity contribution in [1.82, 2.24) is 5.32 Å². The van der Waals surface area contributed by atoms with E-state index in [1.54, 1.807) is 123 Å². The van der Waals surface area contributed by atoms with E-state index in [-0.39, 0.29) is 25.6 Å². The van der Waals surface area contributed by atoms with Gasteiger partial charge in [-0.15, -0.1) is 0 Å². The molecule has 0 aromatic heterocycles. The Hall–Kier alpha value is -11.7. The monoisotopic (exact) mass is 1250 g/mol. The standard InChI is InChI=1S/C48H42N8O9S2.C17H19N3O3/c1-30-8-12-36(53-45(57)50-33-14-22-40(23-15-33)66(61,62)39-20-10-32(49)11-21-39)28-43(30)55-47(59)52-35-18-26-42(27-19-35)67(63,64)41-24-16-34(17-25-41)51-46(58)54-37-13-9-31(2)44(29-37)56-48(60)65-38-6-4-3-5-7-38;1-3-18-16(21)20-15-11-13(10-9-12(15)2)19-17(22)23-14-7-5-4-6-8-14/h3-29H,49H2,1-2H3,(H,56,60)(H2,50,53,57)(H2,51,54,58)(H2,52,55,59);4-11H,3H2,1-2H3,(H,19,22)(H2,18,20,21). The van der Waals surface area contributed by atoms with E-state index in [0.717, 1.165) is 11.1 Å². The summed E-state index contributed by atoms with van der Waals surface area (Å²) in [7, 11) is -7.79. The van der Waals surface area contributed by atoms with Crippen molar-refractivity contribution >= 4 is 113 Å². The molecule has 460 valence electrons. The number of para-hydroxylation sites is 2. The van der Waals surface area contributed by atoms with Gasteiger partial charge in [0.2, 0.25) is 19.7 Å². The SMILES string of the molecule is CCNC(=O)Nc1cc(NC(=O)Oc2ccccc2)ccc1C.Cc1ccc(NC(=O)Nc2ccc(S(=O)(=O)c3ccc(N)cc3)cc2)cc1NC(=O)Nc1ccc(S(=O)(=O)c2ccc(NC(=O)Nc3ccc(C)c(NC(=O)Oc4ccccc4)c3)cc2)cc1. The Morgan fingerprint density at radius 1 is 0.344 bits per heavy atom. The molecule has 9 aromatic carbocycles. The molecule has 12 N–H and O–H groups in total. The van der Waals surface area contributed by atoms with E-state index < -0.39 is 50.0 Å². The first-order chi connectivity index (χ1) is 43.1. The number of amides is 10. The van der Waals surface area contributed by atoms with E-state index in [1.807, 2.05) is 19.9 Å². The number of anilines is 10. The van der Waals surface area contributed by atoms with Gasteiger partial charge in [0.25, 0.3) is 0 Å². The lowest BCUT2D eigenvalue weighted by Crippen LogP contribution is -2.28. The molecule has 90 heavy (non-hydrogen) atoms. The van der Waals surface area contributed by atoms with Crippen LogP contribution in [0.15, 0.2) is 232 Å². The Kier molecular flexibility index (Phi) is 21.1. The minimum atomic E-state index is -3.99. The van der Waals surface area contributed by atoms with Gasteiger partial charge in [-0.25, -0.2) is 45.6 Å². The molecule has 0 spiro atoms. The lowest BCUT2D eigenvalue weighted by atomic mass is 10.2. The van der Waals surface area contributed by atoms with Crippen LogP contribution in [0.4, 0.5) is 85.6 Å². The zero-order valence-electron chi connectivity index (χ0n) is 48.7. The summed E-state index contributed by atoms with van der Waals surface area (Å²) in [5, 5.41) is 26.7. The lowest BCUT2D eigenvalue weighted by molar-refractivity contribution is 0.214. The molecule has 0 aliphatic carbocycles. The third kappa shape index (κ3) is 18.2. The molecule has 0 saturated carbocycles. The molecule has 0 aliphatic rings. The van der Waals surface area contributed by atoms with E-state index in [4.69, 9.17) is 15.2 Å². The quantitative estimate of drug-likeness (QED) is 0.0401. The molecule has 25 heteroatoms. The van der Waals surface area contributed by atoms with Crippen molar-refractivity contribution in [2.24, 2.45) is 0 Å². The van der Waals surface area contributed by atoms with Gasteiger partial charge in [0.15, 0.2) is 0 Å². The molecule has 0 atom stereocenters. The summed E-state index contributed by atoms with van der Waals surface area (Å²) < 4.78 is 63.3. The molecule has 0 bridgehead atoms. The molecular formula is C65H61N11O12S2.